The highest BCUT2D eigenvalue weighted by Gasteiger charge is 1.98. The molecule has 2 N–H and O–H groups in total. The third kappa shape index (κ3) is 3.44. The van der Waals surface area contributed by atoms with Crippen LogP contribution >= 0.6 is 11.6 Å². The van der Waals surface area contributed by atoms with Crippen LogP contribution in [0.4, 0.5) is 0 Å². The van der Waals surface area contributed by atoms with Crippen molar-refractivity contribution < 1.29 is 4.74 Å². The van der Waals surface area contributed by atoms with Crippen molar-refractivity contribution in [1.29, 1.82) is 0 Å². The van der Waals surface area contributed by atoms with E-state index >= 15 is 0 Å². The molecule has 4 heteroatoms. The van der Waals surface area contributed by atoms with Crippen LogP contribution in [0.25, 0.3) is 0 Å². The van der Waals surface area contributed by atoms with Gasteiger partial charge in [-0.15, -0.1) is 0 Å². The summed E-state index contributed by atoms with van der Waals surface area (Å²) in [6.07, 6.45) is 1.73. The van der Waals surface area contributed by atoms with Gasteiger partial charge in [0.05, 0.1) is 5.69 Å². The zero-order chi connectivity index (χ0) is 12.1. The molecule has 1 aromatic carbocycles. The second kappa shape index (κ2) is 5.66. The molecule has 1 heterocycles. The quantitative estimate of drug-likeness (QED) is 0.905. The fraction of sp³-hybridized carbons (Fsp3) is 0.154. The largest absolute Gasteiger partial charge is 0.489 e. The van der Waals surface area contributed by atoms with E-state index in [9.17, 15) is 0 Å². The van der Waals surface area contributed by atoms with Crippen LogP contribution in [0.2, 0.25) is 5.02 Å². The molecule has 3 nitrogen and oxygen atoms in total. The van der Waals surface area contributed by atoms with Gasteiger partial charge in [0.2, 0.25) is 0 Å². The Morgan fingerprint density at radius 3 is 2.88 bits per heavy atom. The molecule has 0 unspecified atom stereocenters. The number of hydrogen-bond acceptors (Lipinski definition) is 3. The third-order valence-corrected chi connectivity index (χ3v) is 2.53. The minimum atomic E-state index is 0.436. The van der Waals surface area contributed by atoms with Crippen LogP contribution in [0.5, 0.6) is 5.75 Å². The summed E-state index contributed by atoms with van der Waals surface area (Å²) in [4.78, 5) is 4.13. The van der Waals surface area contributed by atoms with Gasteiger partial charge in [0.15, 0.2) is 0 Å². The van der Waals surface area contributed by atoms with E-state index in [4.69, 9.17) is 22.1 Å². The summed E-state index contributed by atoms with van der Waals surface area (Å²) in [6.45, 7) is 0.918. The minimum absolute atomic E-state index is 0.436. The summed E-state index contributed by atoms with van der Waals surface area (Å²) in [5, 5.41) is 0.667. The highest BCUT2D eigenvalue weighted by atomic mass is 35.5. The van der Waals surface area contributed by atoms with Crippen molar-refractivity contribution in [2.24, 2.45) is 5.73 Å². The Bertz CT molecular complexity index is 502. The summed E-state index contributed by atoms with van der Waals surface area (Å²) >= 11 is 5.87. The zero-order valence-corrected chi connectivity index (χ0v) is 10.0. The molecule has 0 spiro atoms. The van der Waals surface area contributed by atoms with Crippen LogP contribution in [0, 0.1) is 0 Å². The molecule has 2 aromatic rings. The third-order valence-electron chi connectivity index (χ3n) is 2.29. The van der Waals surface area contributed by atoms with Crippen molar-refractivity contribution in [2.45, 2.75) is 13.2 Å². The van der Waals surface area contributed by atoms with E-state index in [-0.39, 0.29) is 0 Å². The van der Waals surface area contributed by atoms with Crippen molar-refractivity contribution in [3.05, 3.63) is 58.9 Å². The average Bonchev–Trinajstić information content (AvgIpc) is 2.37. The Morgan fingerprint density at radius 2 is 2.12 bits per heavy atom. The molecule has 1 aromatic heterocycles. The van der Waals surface area contributed by atoms with Crippen molar-refractivity contribution in [2.75, 3.05) is 0 Å². The highest BCUT2D eigenvalue weighted by Crippen LogP contribution is 2.18. The van der Waals surface area contributed by atoms with Crippen LogP contribution in [0.3, 0.4) is 0 Å². The molecular weight excluding hydrogens is 236 g/mol. The molecule has 0 saturated carbocycles. The lowest BCUT2D eigenvalue weighted by molar-refractivity contribution is 0.306. The van der Waals surface area contributed by atoms with Gasteiger partial charge in [-0.25, -0.2) is 0 Å². The van der Waals surface area contributed by atoms with Gasteiger partial charge in [0.1, 0.15) is 12.4 Å². The molecule has 0 saturated heterocycles. The molecule has 0 fully saturated rings. The lowest BCUT2D eigenvalue weighted by Crippen LogP contribution is -2.02. The number of benzene rings is 1. The summed E-state index contributed by atoms with van der Waals surface area (Å²) in [5.74, 6) is 0.753. The summed E-state index contributed by atoms with van der Waals surface area (Å²) in [6, 6.07) is 11.2. The first-order valence-electron chi connectivity index (χ1n) is 5.30. The maximum Gasteiger partial charge on any atom is 0.121 e. The molecule has 0 bridgehead atoms. The topological polar surface area (TPSA) is 48.1 Å². The fourth-order valence-electron chi connectivity index (χ4n) is 1.45. The monoisotopic (exact) mass is 248 g/mol. The summed E-state index contributed by atoms with van der Waals surface area (Å²) < 4.78 is 5.62. The van der Waals surface area contributed by atoms with E-state index < -0.39 is 0 Å². The maximum absolute atomic E-state index is 5.87. The van der Waals surface area contributed by atoms with Crippen molar-refractivity contribution in [3.8, 4) is 5.75 Å². The van der Waals surface area contributed by atoms with Gasteiger partial charge in [-0.3, -0.25) is 4.98 Å². The average molecular weight is 249 g/mol. The van der Waals surface area contributed by atoms with Crippen molar-refractivity contribution >= 4 is 11.6 Å². The van der Waals surface area contributed by atoms with Gasteiger partial charge in [0, 0.05) is 17.8 Å². The normalized spacial score (nSPS) is 10.2. The Morgan fingerprint density at radius 1 is 1.24 bits per heavy atom. The first-order chi connectivity index (χ1) is 8.28. The molecule has 0 atom stereocenters. The van der Waals surface area contributed by atoms with E-state index in [0.29, 0.717) is 18.2 Å². The summed E-state index contributed by atoms with van der Waals surface area (Å²) in [7, 11) is 0. The number of nitrogens with two attached hydrogens (primary N) is 1. The molecule has 0 radical (unpaired) electrons. The van der Waals surface area contributed by atoms with Crippen LogP contribution in [0.1, 0.15) is 11.3 Å². The molecule has 88 valence electrons. The van der Waals surface area contributed by atoms with E-state index in [1.165, 1.54) is 0 Å². The van der Waals surface area contributed by atoms with Crippen LogP contribution in [-0.4, -0.2) is 4.98 Å². The Kier molecular flexibility index (Phi) is 3.96. The Labute approximate surface area is 105 Å². The van der Waals surface area contributed by atoms with E-state index in [0.717, 1.165) is 17.0 Å². The van der Waals surface area contributed by atoms with Gasteiger partial charge in [-0.05, 0) is 35.9 Å². The predicted octanol–water partition coefficient (Wildman–Crippen LogP) is 2.77. The second-order valence-electron chi connectivity index (χ2n) is 3.61. The van der Waals surface area contributed by atoms with Crippen LogP contribution < -0.4 is 10.5 Å². The smallest absolute Gasteiger partial charge is 0.121 e. The van der Waals surface area contributed by atoms with E-state index in [1.54, 1.807) is 12.3 Å². The SMILES string of the molecule is NCc1cc(COc2cccc(Cl)c2)ccn1. The molecule has 0 amide bonds. The molecule has 2 rings (SSSR count). The van der Waals surface area contributed by atoms with E-state index in [2.05, 4.69) is 4.98 Å². The second-order valence-corrected chi connectivity index (χ2v) is 4.04. The predicted molar refractivity (Wildman–Crippen MR) is 67.9 cm³/mol. The van der Waals surface area contributed by atoms with Crippen molar-refractivity contribution in [1.82, 2.24) is 4.98 Å². The molecule has 17 heavy (non-hydrogen) atoms. The molecular formula is C13H13ClN2O. The van der Waals surface area contributed by atoms with Crippen LogP contribution in [-0.2, 0) is 13.2 Å². The number of pyridine rings is 1. The standard InChI is InChI=1S/C13H13ClN2O/c14-11-2-1-3-13(7-11)17-9-10-4-5-16-12(6-10)8-15/h1-7H,8-9,15H2. The first-order valence-corrected chi connectivity index (χ1v) is 5.68. The Hall–Kier alpha value is -1.58. The first kappa shape index (κ1) is 11.9. The Balaban J connectivity index is 2.02. The van der Waals surface area contributed by atoms with E-state index in [1.807, 2.05) is 30.3 Å². The van der Waals surface area contributed by atoms with Gasteiger partial charge in [0.25, 0.3) is 0 Å². The number of halogens is 1. The van der Waals surface area contributed by atoms with Crippen LogP contribution in [0.15, 0.2) is 42.6 Å². The minimum Gasteiger partial charge on any atom is -0.489 e. The molecule has 0 aliphatic carbocycles. The lowest BCUT2D eigenvalue weighted by Gasteiger charge is -2.07. The number of hydrogen-bond donors (Lipinski definition) is 1. The van der Waals surface area contributed by atoms with Gasteiger partial charge in [-0.2, -0.15) is 0 Å². The zero-order valence-electron chi connectivity index (χ0n) is 9.27. The van der Waals surface area contributed by atoms with Crippen molar-refractivity contribution in [3.63, 3.8) is 0 Å². The van der Waals surface area contributed by atoms with Gasteiger partial charge in [-0.1, -0.05) is 17.7 Å². The molecule has 0 aliphatic rings. The maximum atomic E-state index is 5.87. The number of ether oxygens (including phenoxy) is 1. The fourth-order valence-corrected chi connectivity index (χ4v) is 1.63. The van der Waals surface area contributed by atoms with Gasteiger partial charge >= 0.3 is 0 Å². The number of aromatic nitrogens is 1. The number of rotatable bonds is 4. The van der Waals surface area contributed by atoms with Gasteiger partial charge < -0.3 is 10.5 Å². The molecule has 0 aliphatic heterocycles. The number of nitrogens with zero attached hydrogens (tertiary/aromatic N) is 1. The highest BCUT2D eigenvalue weighted by molar-refractivity contribution is 6.30. The lowest BCUT2D eigenvalue weighted by atomic mass is 10.2. The summed E-state index contributed by atoms with van der Waals surface area (Å²) in [5.41, 5.74) is 7.43.